The lowest BCUT2D eigenvalue weighted by Crippen LogP contribution is -2.19. The van der Waals surface area contributed by atoms with E-state index in [1.54, 1.807) is 31.2 Å². The van der Waals surface area contributed by atoms with Gasteiger partial charge in [-0.15, -0.1) is 0 Å². The van der Waals surface area contributed by atoms with Gasteiger partial charge in [-0.25, -0.2) is 9.37 Å². The van der Waals surface area contributed by atoms with Crippen LogP contribution in [-0.4, -0.2) is 29.0 Å². The van der Waals surface area contributed by atoms with E-state index in [2.05, 4.69) is 20.8 Å². The van der Waals surface area contributed by atoms with Crippen LogP contribution in [0.25, 0.3) is 22.4 Å². The quantitative estimate of drug-likeness (QED) is 0.485. The molecule has 0 aliphatic heterocycles. The number of rotatable bonds is 4. The summed E-state index contributed by atoms with van der Waals surface area (Å²) in [6.07, 6.45) is 0. The molecule has 2 N–H and O–H groups in total. The minimum atomic E-state index is -0.452. The molecule has 0 bridgehead atoms. The number of hydrogen-bond donors (Lipinski definition) is 2. The lowest BCUT2D eigenvalue weighted by atomic mass is 10.0. The van der Waals surface area contributed by atoms with Crippen LogP contribution in [0.1, 0.15) is 26.4 Å². The van der Waals surface area contributed by atoms with Crippen LogP contribution in [0.2, 0.25) is 5.02 Å². The summed E-state index contributed by atoms with van der Waals surface area (Å²) in [5.74, 6) is -1.21. The van der Waals surface area contributed by atoms with Crippen molar-refractivity contribution < 1.29 is 18.5 Å². The van der Waals surface area contributed by atoms with Gasteiger partial charge < -0.3 is 15.2 Å². The highest BCUT2D eigenvalue weighted by Crippen LogP contribution is 2.28. The Kier molecular flexibility index (Phi) is 5.39. The number of halogens is 2. The van der Waals surface area contributed by atoms with Gasteiger partial charge in [0, 0.05) is 18.3 Å². The van der Waals surface area contributed by atoms with Crippen molar-refractivity contribution in [1.82, 2.24) is 15.5 Å². The number of carbonyl (C=O) groups is 2. The number of hydrogen-bond acceptors (Lipinski definition) is 5. The molecule has 7 nitrogen and oxygen atoms in total. The van der Waals surface area contributed by atoms with Crippen molar-refractivity contribution in [2.75, 3.05) is 12.4 Å². The number of nitrogens with zero attached hydrogens (tertiary/aromatic N) is 2. The molecule has 0 aliphatic rings. The van der Waals surface area contributed by atoms with Crippen LogP contribution in [0.5, 0.6) is 0 Å². The number of fused-ring (bicyclic) bond motifs is 1. The number of benzene rings is 2. The Bertz CT molecular complexity index is 1320. The summed E-state index contributed by atoms with van der Waals surface area (Å²) in [6, 6.07) is 11.9. The molecule has 9 heteroatoms. The molecule has 0 saturated carbocycles. The lowest BCUT2D eigenvalue weighted by Gasteiger charge is -2.10. The SMILES string of the molecule is CNC(=O)c1cc(NC(=O)c2cc(-c3ccc(F)cc3)nc3onc(C)c23)ccc1Cl. The standard InChI is InChI=1S/C22H16ClFN4O3/c1-11-19-16(21(30)26-14-7-8-17(23)15(9-14)20(29)25-2)10-18(27-22(19)31-28-11)12-3-5-13(24)6-4-12/h3-10H,1-2H3,(H,25,29)(H,26,30). The van der Waals surface area contributed by atoms with Crippen LogP contribution in [0.3, 0.4) is 0 Å². The summed E-state index contributed by atoms with van der Waals surface area (Å²) < 4.78 is 18.6. The molecule has 156 valence electrons. The minimum absolute atomic E-state index is 0.187. The van der Waals surface area contributed by atoms with Crippen molar-refractivity contribution >= 4 is 40.2 Å². The second kappa shape index (κ2) is 8.16. The lowest BCUT2D eigenvalue weighted by molar-refractivity contribution is 0.0961. The summed E-state index contributed by atoms with van der Waals surface area (Å²) in [5.41, 5.74) is 2.62. The minimum Gasteiger partial charge on any atom is -0.355 e. The van der Waals surface area contributed by atoms with E-state index in [0.717, 1.165) is 0 Å². The maximum absolute atomic E-state index is 13.3. The molecule has 31 heavy (non-hydrogen) atoms. The summed E-state index contributed by atoms with van der Waals surface area (Å²) in [6.45, 7) is 1.70. The first-order valence-electron chi connectivity index (χ1n) is 9.23. The molecular weight excluding hydrogens is 423 g/mol. The molecule has 4 aromatic rings. The number of carbonyl (C=O) groups excluding carboxylic acids is 2. The van der Waals surface area contributed by atoms with Crippen LogP contribution in [0.4, 0.5) is 10.1 Å². The third-order valence-corrected chi connectivity index (χ3v) is 5.03. The van der Waals surface area contributed by atoms with Crippen LogP contribution < -0.4 is 10.6 Å². The molecule has 4 rings (SSSR count). The normalized spacial score (nSPS) is 10.8. The smallest absolute Gasteiger partial charge is 0.259 e. The third kappa shape index (κ3) is 3.97. The van der Waals surface area contributed by atoms with Crippen LogP contribution in [-0.2, 0) is 0 Å². The van der Waals surface area contributed by atoms with Crippen molar-refractivity contribution in [3.05, 3.63) is 76.2 Å². The first kappa shape index (κ1) is 20.5. The number of anilines is 1. The average molecular weight is 439 g/mol. The maximum atomic E-state index is 13.3. The first-order chi connectivity index (χ1) is 14.9. The Hall–Kier alpha value is -3.78. The zero-order chi connectivity index (χ0) is 22.1. The van der Waals surface area contributed by atoms with Gasteiger partial charge in [0.2, 0.25) is 0 Å². The van der Waals surface area contributed by atoms with Gasteiger partial charge in [0.1, 0.15) is 5.82 Å². The molecule has 2 aromatic heterocycles. The second-order valence-electron chi connectivity index (χ2n) is 6.74. The number of aryl methyl sites for hydroxylation is 1. The Morgan fingerprint density at radius 2 is 1.77 bits per heavy atom. The van der Waals surface area contributed by atoms with E-state index in [1.165, 1.54) is 31.3 Å². The monoisotopic (exact) mass is 438 g/mol. The van der Waals surface area contributed by atoms with E-state index in [0.29, 0.717) is 28.0 Å². The number of amides is 2. The maximum Gasteiger partial charge on any atom is 0.259 e. The van der Waals surface area contributed by atoms with E-state index in [9.17, 15) is 14.0 Å². The average Bonchev–Trinajstić information content (AvgIpc) is 3.15. The first-order valence-corrected chi connectivity index (χ1v) is 9.61. The van der Waals surface area contributed by atoms with Crippen LogP contribution in [0, 0.1) is 12.7 Å². The van der Waals surface area contributed by atoms with Crippen molar-refractivity contribution in [2.45, 2.75) is 6.92 Å². The second-order valence-corrected chi connectivity index (χ2v) is 7.15. The van der Waals surface area contributed by atoms with Gasteiger partial charge in [-0.1, -0.05) is 16.8 Å². The third-order valence-electron chi connectivity index (χ3n) is 4.70. The topological polar surface area (TPSA) is 97.1 Å². The van der Waals surface area contributed by atoms with E-state index < -0.39 is 5.91 Å². The molecule has 0 fully saturated rings. The summed E-state index contributed by atoms with van der Waals surface area (Å²) in [5, 5.41) is 9.90. The number of pyridine rings is 1. The molecule has 2 amide bonds. The Morgan fingerprint density at radius 3 is 2.48 bits per heavy atom. The predicted octanol–water partition coefficient (Wildman–Crippen LogP) is 4.60. The van der Waals surface area contributed by atoms with E-state index in [-0.39, 0.29) is 33.6 Å². The van der Waals surface area contributed by atoms with Gasteiger partial charge in [-0.3, -0.25) is 9.59 Å². The van der Waals surface area contributed by atoms with E-state index in [4.69, 9.17) is 16.1 Å². The molecule has 0 atom stereocenters. The van der Waals surface area contributed by atoms with Crippen molar-refractivity contribution in [3.8, 4) is 11.3 Å². The van der Waals surface area contributed by atoms with Crippen molar-refractivity contribution in [2.24, 2.45) is 0 Å². The van der Waals surface area contributed by atoms with Gasteiger partial charge in [-0.05, 0) is 55.5 Å². The fourth-order valence-electron chi connectivity index (χ4n) is 3.15. The molecule has 0 saturated heterocycles. The highest BCUT2D eigenvalue weighted by molar-refractivity contribution is 6.34. The molecular formula is C22H16ClFN4O3. The van der Waals surface area contributed by atoms with Gasteiger partial charge >= 0.3 is 0 Å². The van der Waals surface area contributed by atoms with Gasteiger partial charge in [0.05, 0.1) is 32.9 Å². The summed E-state index contributed by atoms with van der Waals surface area (Å²) >= 11 is 6.08. The number of aromatic nitrogens is 2. The highest BCUT2D eigenvalue weighted by Gasteiger charge is 2.20. The molecule has 0 spiro atoms. The van der Waals surface area contributed by atoms with Crippen molar-refractivity contribution in [1.29, 1.82) is 0 Å². The van der Waals surface area contributed by atoms with Crippen LogP contribution >= 0.6 is 11.6 Å². The highest BCUT2D eigenvalue weighted by atomic mass is 35.5. The predicted molar refractivity (Wildman–Crippen MR) is 115 cm³/mol. The number of nitrogens with one attached hydrogen (secondary N) is 2. The zero-order valence-corrected chi connectivity index (χ0v) is 17.2. The van der Waals surface area contributed by atoms with Gasteiger partial charge in [0.25, 0.3) is 17.5 Å². The fraction of sp³-hybridized carbons (Fsp3) is 0.0909. The largest absolute Gasteiger partial charge is 0.355 e. The van der Waals surface area contributed by atoms with Crippen molar-refractivity contribution in [3.63, 3.8) is 0 Å². The molecule has 0 unspecified atom stereocenters. The molecule has 0 radical (unpaired) electrons. The Labute approximate surface area is 181 Å². The van der Waals surface area contributed by atoms with E-state index >= 15 is 0 Å². The molecule has 2 heterocycles. The Morgan fingerprint density at radius 1 is 1.03 bits per heavy atom. The summed E-state index contributed by atoms with van der Waals surface area (Å²) in [4.78, 5) is 29.5. The fourth-order valence-corrected chi connectivity index (χ4v) is 3.36. The summed E-state index contributed by atoms with van der Waals surface area (Å²) in [7, 11) is 1.49. The van der Waals surface area contributed by atoms with Crippen LogP contribution in [0.15, 0.2) is 53.1 Å². The Balaban J connectivity index is 1.76. The molecule has 0 aliphatic carbocycles. The van der Waals surface area contributed by atoms with E-state index in [1.807, 2.05) is 0 Å². The zero-order valence-electron chi connectivity index (χ0n) is 16.5. The van der Waals surface area contributed by atoms with Gasteiger partial charge in [0.15, 0.2) is 0 Å². The molecule has 2 aromatic carbocycles. The van der Waals surface area contributed by atoms with Gasteiger partial charge in [-0.2, -0.15) is 0 Å².